The Morgan fingerprint density at radius 2 is 2.16 bits per heavy atom. The first kappa shape index (κ1) is 14.3. The van der Waals surface area contributed by atoms with E-state index in [1.54, 1.807) is 5.57 Å². The van der Waals surface area contributed by atoms with Crippen molar-refractivity contribution in [2.45, 2.75) is 57.4 Å². The molecule has 1 aromatic heterocycles. The van der Waals surface area contributed by atoms with Crippen LogP contribution in [0.15, 0.2) is 36.2 Å². The Labute approximate surface area is 117 Å². The number of nitrogens with zero attached hydrogens (tertiary/aromatic N) is 1. The third kappa shape index (κ3) is 4.79. The number of hydrogen-bond acceptors (Lipinski definition) is 2. The Hall–Kier alpha value is -1.15. The molecule has 0 saturated heterocycles. The first-order valence-corrected chi connectivity index (χ1v) is 7.65. The lowest BCUT2D eigenvalue weighted by Gasteiger charge is -2.22. The molecule has 0 radical (unpaired) electrons. The predicted molar refractivity (Wildman–Crippen MR) is 81.2 cm³/mol. The molecule has 2 nitrogen and oxygen atoms in total. The van der Waals surface area contributed by atoms with Crippen LogP contribution in [-0.4, -0.2) is 18.1 Å². The van der Waals surface area contributed by atoms with Crippen molar-refractivity contribution >= 4 is 0 Å². The van der Waals surface area contributed by atoms with E-state index in [0.29, 0.717) is 6.04 Å². The van der Waals surface area contributed by atoms with Crippen LogP contribution in [0.5, 0.6) is 0 Å². The molecule has 0 saturated carbocycles. The molecule has 104 valence electrons. The van der Waals surface area contributed by atoms with Crippen LogP contribution in [0.25, 0.3) is 0 Å². The van der Waals surface area contributed by atoms with E-state index in [9.17, 15) is 0 Å². The molecule has 1 aromatic rings. The fourth-order valence-corrected chi connectivity index (χ4v) is 2.91. The highest BCUT2D eigenvalue weighted by Crippen LogP contribution is 2.21. The average molecular weight is 258 g/mol. The normalized spacial score (nSPS) is 21.0. The first-order valence-electron chi connectivity index (χ1n) is 7.65. The summed E-state index contributed by atoms with van der Waals surface area (Å²) in [5.74, 6) is 0. The van der Waals surface area contributed by atoms with Crippen molar-refractivity contribution in [3.05, 3.63) is 41.7 Å². The van der Waals surface area contributed by atoms with Crippen LogP contribution in [0.3, 0.4) is 0 Å². The third-order valence-corrected chi connectivity index (χ3v) is 4.07. The number of nitrogens with one attached hydrogen (secondary N) is 1. The summed E-state index contributed by atoms with van der Waals surface area (Å²) < 4.78 is 0. The molecule has 2 heteroatoms. The molecule has 1 N–H and O–H groups in total. The van der Waals surface area contributed by atoms with Crippen LogP contribution in [0.4, 0.5) is 0 Å². The maximum Gasteiger partial charge on any atom is 0.0299 e. The van der Waals surface area contributed by atoms with Crippen molar-refractivity contribution in [1.82, 2.24) is 10.3 Å². The highest BCUT2D eigenvalue weighted by molar-refractivity contribution is 5.14. The van der Waals surface area contributed by atoms with E-state index in [4.69, 9.17) is 0 Å². The lowest BCUT2D eigenvalue weighted by Crippen LogP contribution is -2.28. The van der Waals surface area contributed by atoms with Gasteiger partial charge in [0.25, 0.3) is 0 Å². The molecule has 1 aliphatic rings. The molecule has 0 amide bonds. The van der Waals surface area contributed by atoms with Gasteiger partial charge in [-0.15, -0.1) is 0 Å². The van der Waals surface area contributed by atoms with Crippen LogP contribution < -0.4 is 5.32 Å². The van der Waals surface area contributed by atoms with Crippen molar-refractivity contribution < 1.29 is 0 Å². The van der Waals surface area contributed by atoms with E-state index in [2.05, 4.69) is 29.5 Å². The fourth-order valence-electron chi connectivity index (χ4n) is 2.91. The lowest BCUT2D eigenvalue weighted by atomic mass is 9.92. The zero-order valence-electron chi connectivity index (χ0n) is 12.1. The van der Waals surface area contributed by atoms with E-state index in [1.165, 1.54) is 50.5 Å². The summed E-state index contributed by atoms with van der Waals surface area (Å²) in [6.07, 6.45) is 16.7. The molecule has 1 heterocycles. The Morgan fingerprint density at radius 3 is 2.95 bits per heavy atom. The molecule has 0 bridgehead atoms. The summed E-state index contributed by atoms with van der Waals surface area (Å²) in [5.41, 5.74) is 2.97. The smallest absolute Gasteiger partial charge is 0.0299 e. The number of allylic oxidation sites excluding steroid dienone is 1. The molecule has 2 rings (SSSR count). The standard InChI is InChI=1S/C17H26N2/c1-18-17(12-11-15-8-7-13-19-14-15)16-9-5-3-2-4-6-10-16/h7-9,13-14,17-18H,2-6,10-12H2,1H3/b16-9+. The minimum absolute atomic E-state index is 0.540. The van der Waals surface area contributed by atoms with Crippen LogP contribution in [0, 0.1) is 0 Å². The number of pyridine rings is 1. The number of likely N-dealkylation sites (N-methyl/N-ethyl adjacent to an activating group) is 1. The van der Waals surface area contributed by atoms with Crippen LogP contribution >= 0.6 is 0 Å². The van der Waals surface area contributed by atoms with Gasteiger partial charge in [-0.3, -0.25) is 4.98 Å². The highest BCUT2D eigenvalue weighted by Gasteiger charge is 2.13. The zero-order chi connectivity index (χ0) is 13.3. The van der Waals surface area contributed by atoms with Crippen LogP contribution in [0.1, 0.15) is 50.5 Å². The molecule has 19 heavy (non-hydrogen) atoms. The van der Waals surface area contributed by atoms with Gasteiger partial charge in [0.2, 0.25) is 0 Å². The monoisotopic (exact) mass is 258 g/mol. The predicted octanol–water partition coefficient (Wildman–Crippen LogP) is 3.88. The quantitative estimate of drug-likeness (QED) is 0.811. The highest BCUT2D eigenvalue weighted by atomic mass is 14.9. The van der Waals surface area contributed by atoms with Gasteiger partial charge >= 0.3 is 0 Å². The minimum atomic E-state index is 0.540. The van der Waals surface area contributed by atoms with Gasteiger partial charge in [0.1, 0.15) is 0 Å². The van der Waals surface area contributed by atoms with Crippen molar-refractivity contribution in [2.24, 2.45) is 0 Å². The van der Waals surface area contributed by atoms with Gasteiger partial charge < -0.3 is 5.32 Å². The van der Waals surface area contributed by atoms with Gasteiger partial charge in [0, 0.05) is 18.4 Å². The summed E-state index contributed by atoms with van der Waals surface area (Å²) in [6, 6.07) is 4.74. The third-order valence-electron chi connectivity index (χ3n) is 4.07. The van der Waals surface area contributed by atoms with Crippen molar-refractivity contribution in [3.8, 4) is 0 Å². The molecule has 1 aliphatic carbocycles. The Balaban J connectivity index is 1.91. The molecule has 1 atom stereocenters. The fraction of sp³-hybridized carbons (Fsp3) is 0.588. The van der Waals surface area contributed by atoms with Crippen LogP contribution in [0.2, 0.25) is 0 Å². The van der Waals surface area contributed by atoms with Crippen molar-refractivity contribution in [2.75, 3.05) is 7.05 Å². The van der Waals surface area contributed by atoms with Crippen molar-refractivity contribution in [3.63, 3.8) is 0 Å². The zero-order valence-corrected chi connectivity index (χ0v) is 12.1. The summed E-state index contributed by atoms with van der Waals surface area (Å²) in [5, 5.41) is 3.50. The number of aromatic nitrogens is 1. The molecule has 0 fully saturated rings. The van der Waals surface area contributed by atoms with Gasteiger partial charge in [-0.1, -0.05) is 30.6 Å². The molecular weight excluding hydrogens is 232 g/mol. The maximum atomic E-state index is 4.19. The average Bonchev–Trinajstić information content (AvgIpc) is 2.42. The van der Waals surface area contributed by atoms with Gasteiger partial charge in [-0.2, -0.15) is 0 Å². The van der Waals surface area contributed by atoms with Crippen molar-refractivity contribution in [1.29, 1.82) is 0 Å². The van der Waals surface area contributed by atoms with Gasteiger partial charge in [-0.25, -0.2) is 0 Å². The number of aryl methyl sites for hydroxylation is 1. The maximum absolute atomic E-state index is 4.19. The molecule has 0 aromatic carbocycles. The first-order chi connectivity index (χ1) is 9.40. The molecule has 1 unspecified atom stereocenters. The van der Waals surface area contributed by atoms with E-state index in [0.717, 1.165) is 6.42 Å². The van der Waals surface area contributed by atoms with E-state index < -0.39 is 0 Å². The lowest BCUT2D eigenvalue weighted by molar-refractivity contribution is 0.535. The Kier molecular flexibility index (Phi) is 6.09. The number of hydrogen-bond donors (Lipinski definition) is 1. The molecule has 0 spiro atoms. The summed E-state index contributed by atoms with van der Waals surface area (Å²) in [4.78, 5) is 4.19. The largest absolute Gasteiger partial charge is 0.313 e. The van der Waals surface area contributed by atoms with E-state index >= 15 is 0 Å². The summed E-state index contributed by atoms with van der Waals surface area (Å²) in [7, 11) is 2.09. The second-order valence-corrected chi connectivity index (χ2v) is 5.47. The number of rotatable bonds is 5. The van der Waals surface area contributed by atoms with Gasteiger partial charge in [0.15, 0.2) is 0 Å². The van der Waals surface area contributed by atoms with Gasteiger partial charge in [-0.05, 0) is 57.2 Å². The minimum Gasteiger partial charge on any atom is -0.313 e. The second-order valence-electron chi connectivity index (χ2n) is 5.47. The van der Waals surface area contributed by atoms with Gasteiger partial charge in [0.05, 0.1) is 0 Å². The molecular formula is C17H26N2. The second kappa shape index (κ2) is 8.11. The Morgan fingerprint density at radius 1 is 1.26 bits per heavy atom. The van der Waals surface area contributed by atoms with E-state index in [1.807, 2.05) is 18.5 Å². The van der Waals surface area contributed by atoms with E-state index in [-0.39, 0.29) is 0 Å². The summed E-state index contributed by atoms with van der Waals surface area (Å²) >= 11 is 0. The topological polar surface area (TPSA) is 24.9 Å². The van der Waals surface area contributed by atoms with Crippen LogP contribution in [-0.2, 0) is 6.42 Å². The molecule has 0 aliphatic heterocycles. The SMILES string of the molecule is CNC(CCc1cccnc1)/C1=C/CCCCCC1. The Bertz CT molecular complexity index is 384. The summed E-state index contributed by atoms with van der Waals surface area (Å²) in [6.45, 7) is 0.